The summed E-state index contributed by atoms with van der Waals surface area (Å²) < 4.78 is 9.26. The maximum Gasteiger partial charge on any atom is 0.338 e. The first-order valence-electron chi connectivity index (χ1n) is 3.18. The lowest BCUT2D eigenvalue weighted by molar-refractivity contribution is -0.165. The third kappa shape index (κ3) is 2.31. The van der Waals surface area contributed by atoms with Crippen molar-refractivity contribution in [3.05, 3.63) is 0 Å². The van der Waals surface area contributed by atoms with Crippen molar-refractivity contribution in [2.75, 3.05) is 14.2 Å². The van der Waals surface area contributed by atoms with Crippen molar-refractivity contribution in [1.29, 1.82) is 0 Å². The van der Waals surface area contributed by atoms with Gasteiger partial charge in [-0.25, -0.2) is 4.79 Å². The highest BCUT2D eigenvalue weighted by Gasteiger charge is 2.33. The predicted octanol–water partition coefficient (Wildman–Crippen LogP) is 0.153. The SMILES string of the molecule is COC(=O)C(C)(CC=O)OC. The molecule has 0 saturated heterocycles. The Hall–Kier alpha value is -0.900. The molecule has 64 valence electrons. The van der Waals surface area contributed by atoms with Gasteiger partial charge in [0.15, 0.2) is 5.60 Å². The van der Waals surface area contributed by atoms with Crippen LogP contribution in [0, 0.1) is 0 Å². The molecule has 0 spiro atoms. The van der Waals surface area contributed by atoms with Gasteiger partial charge >= 0.3 is 5.97 Å². The van der Waals surface area contributed by atoms with E-state index in [1.165, 1.54) is 21.1 Å². The van der Waals surface area contributed by atoms with Gasteiger partial charge in [-0.2, -0.15) is 0 Å². The highest BCUT2D eigenvalue weighted by Crippen LogP contribution is 2.14. The molecule has 0 aliphatic rings. The fourth-order valence-corrected chi connectivity index (χ4v) is 0.625. The van der Waals surface area contributed by atoms with Gasteiger partial charge in [-0.05, 0) is 6.92 Å². The zero-order valence-corrected chi connectivity index (χ0v) is 6.92. The van der Waals surface area contributed by atoms with Crippen LogP contribution in [0.5, 0.6) is 0 Å². The van der Waals surface area contributed by atoms with E-state index in [2.05, 4.69) is 4.74 Å². The largest absolute Gasteiger partial charge is 0.467 e. The molecule has 1 unspecified atom stereocenters. The van der Waals surface area contributed by atoms with Gasteiger partial charge in [0.2, 0.25) is 0 Å². The molecule has 0 heterocycles. The molecule has 11 heavy (non-hydrogen) atoms. The topological polar surface area (TPSA) is 52.6 Å². The molecule has 0 saturated carbocycles. The number of esters is 1. The van der Waals surface area contributed by atoms with Crippen molar-refractivity contribution in [1.82, 2.24) is 0 Å². The molecule has 4 nitrogen and oxygen atoms in total. The summed E-state index contributed by atoms with van der Waals surface area (Å²) in [7, 11) is 2.62. The van der Waals surface area contributed by atoms with Gasteiger partial charge in [0.25, 0.3) is 0 Å². The summed E-state index contributed by atoms with van der Waals surface area (Å²) in [4.78, 5) is 21.1. The summed E-state index contributed by atoms with van der Waals surface area (Å²) >= 11 is 0. The van der Waals surface area contributed by atoms with Crippen LogP contribution in [0.4, 0.5) is 0 Å². The first kappa shape index (κ1) is 10.1. The van der Waals surface area contributed by atoms with Crippen LogP contribution in [0.2, 0.25) is 0 Å². The molecule has 0 aromatic carbocycles. The van der Waals surface area contributed by atoms with Crippen LogP contribution < -0.4 is 0 Å². The maximum absolute atomic E-state index is 10.9. The average Bonchev–Trinajstić information content (AvgIpc) is 2.03. The molecule has 0 aliphatic heterocycles. The van der Waals surface area contributed by atoms with Gasteiger partial charge in [-0.15, -0.1) is 0 Å². The second-order valence-electron chi connectivity index (χ2n) is 2.30. The van der Waals surface area contributed by atoms with Gasteiger partial charge in [0.1, 0.15) is 6.29 Å². The lowest BCUT2D eigenvalue weighted by atomic mass is 10.0. The van der Waals surface area contributed by atoms with Crippen LogP contribution in [0.15, 0.2) is 0 Å². The summed E-state index contributed by atoms with van der Waals surface area (Å²) in [6.07, 6.45) is 0.636. The van der Waals surface area contributed by atoms with Crippen molar-refractivity contribution in [2.24, 2.45) is 0 Å². The second kappa shape index (κ2) is 4.08. The van der Waals surface area contributed by atoms with Gasteiger partial charge in [-0.3, -0.25) is 0 Å². The lowest BCUT2D eigenvalue weighted by Crippen LogP contribution is -2.38. The van der Waals surface area contributed by atoms with Gasteiger partial charge < -0.3 is 14.3 Å². The number of carbonyl (C=O) groups excluding carboxylic acids is 2. The van der Waals surface area contributed by atoms with Gasteiger partial charge in [0, 0.05) is 13.5 Å². The van der Waals surface area contributed by atoms with E-state index in [1.54, 1.807) is 0 Å². The first-order valence-corrected chi connectivity index (χ1v) is 3.18. The van der Waals surface area contributed by atoms with E-state index in [-0.39, 0.29) is 6.42 Å². The Bertz CT molecular complexity index is 155. The number of rotatable bonds is 4. The van der Waals surface area contributed by atoms with Crippen LogP contribution in [0.25, 0.3) is 0 Å². The van der Waals surface area contributed by atoms with E-state index in [4.69, 9.17) is 4.74 Å². The molecule has 0 N–H and O–H groups in total. The number of ether oxygens (including phenoxy) is 2. The molecule has 0 radical (unpaired) electrons. The number of hydrogen-bond acceptors (Lipinski definition) is 4. The predicted molar refractivity (Wildman–Crippen MR) is 38.1 cm³/mol. The molecule has 0 aliphatic carbocycles. The smallest absolute Gasteiger partial charge is 0.338 e. The van der Waals surface area contributed by atoms with Crippen molar-refractivity contribution < 1.29 is 19.1 Å². The van der Waals surface area contributed by atoms with E-state index in [0.29, 0.717) is 6.29 Å². The third-order valence-electron chi connectivity index (χ3n) is 1.54. The second-order valence-corrected chi connectivity index (χ2v) is 2.30. The van der Waals surface area contributed by atoms with Crippen molar-refractivity contribution >= 4 is 12.3 Å². The lowest BCUT2D eigenvalue weighted by Gasteiger charge is -2.21. The summed E-state index contributed by atoms with van der Waals surface area (Å²) in [6.45, 7) is 1.51. The summed E-state index contributed by atoms with van der Waals surface area (Å²) in [5.41, 5.74) is -1.13. The monoisotopic (exact) mass is 160 g/mol. The maximum atomic E-state index is 10.9. The van der Waals surface area contributed by atoms with E-state index in [0.717, 1.165) is 0 Å². The van der Waals surface area contributed by atoms with Crippen LogP contribution >= 0.6 is 0 Å². The molecule has 1 atom stereocenters. The Balaban J connectivity index is 4.31. The Morgan fingerprint density at radius 1 is 1.55 bits per heavy atom. The molecule has 0 aromatic heterocycles. The fraction of sp³-hybridized carbons (Fsp3) is 0.714. The normalized spacial score (nSPS) is 15.2. The molecule has 0 fully saturated rings. The number of carbonyl (C=O) groups is 2. The third-order valence-corrected chi connectivity index (χ3v) is 1.54. The quantitative estimate of drug-likeness (QED) is 0.434. The molecular formula is C7H12O4. The van der Waals surface area contributed by atoms with Crippen molar-refractivity contribution in [2.45, 2.75) is 18.9 Å². The van der Waals surface area contributed by atoms with Crippen LogP contribution in [0.1, 0.15) is 13.3 Å². The van der Waals surface area contributed by atoms with E-state index in [1.807, 2.05) is 0 Å². The molecular weight excluding hydrogens is 148 g/mol. The molecule has 0 amide bonds. The number of hydrogen-bond donors (Lipinski definition) is 0. The minimum atomic E-state index is -1.13. The number of methoxy groups -OCH3 is 2. The van der Waals surface area contributed by atoms with E-state index >= 15 is 0 Å². The Kier molecular flexibility index (Phi) is 3.74. The van der Waals surface area contributed by atoms with Gasteiger partial charge in [-0.1, -0.05) is 0 Å². The fourth-order valence-electron chi connectivity index (χ4n) is 0.625. The summed E-state index contributed by atoms with van der Waals surface area (Å²) in [6, 6.07) is 0. The van der Waals surface area contributed by atoms with Crippen molar-refractivity contribution in [3.63, 3.8) is 0 Å². The summed E-state index contributed by atoms with van der Waals surface area (Å²) in [5, 5.41) is 0. The Morgan fingerprint density at radius 3 is 2.36 bits per heavy atom. The standard InChI is InChI=1S/C7H12O4/c1-7(11-3,4-5-8)6(9)10-2/h5H,4H2,1-3H3. The minimum absolute atomic E-state index is 0.0101. The molecule has 0 aromatic rings. The Labute approximate surface area is 65.5 Å². The van der Waals surface area contributed by atoms with Crippen LogP contribution in [-0.2, 0) is 19.1 Å². The van der Waals surface area contributed by atoms with E-state index < -0.39 is 11.6 Å². The highest BCUT2D eigenvalue weighted by atomic mass is 16.6. The minimum Gasteiger partial charge on any atom is -0.467 e. The Morgan fingerprint density at radius 2 is 2.09 bits per heavy atom. The molecule has 4 heteroatoms. The van der Waals surface area contributed by atoms with Crippen LogP contribution in [0.3, 0.4) is 0 Å². The first-order chi connectivity index (χ1) is 5.10. The zero-order chi connectivity index (χ0) is 8.91. The van der Waals surface area contributed by atoms with Crippen molar-refractivity contribution in [3.8, 4) is 0 Å². The summed E-state index contributed by atoms with van der Waals surface area (Å²) in [5.74, 6) is -0.535. The van der Waals surface area contributed by atoms with Gasteiger partial charge in [0.05, 0.1) is 7.11 Å². The highest BCUT2D eigenvalue weighted by molar-refractivity contribution is 5.82. The van der Waals surface area contributed by atoms with Crippen LogP contribution in [-0.4, -0.2) is 32.1 Å². The number of aldehydes is 1. The van der Waals surface area contributed by atoms with E-state index in [9.17, 15) is 9.59 Å². The average molecular weight is 160 g/mol. The molecule has 0 rings (SSSR count). The molecule has 0 bridgehead atoms. The zero-order valence-electron chi connectivity index (χ0n) is 6.92.